The fourth-order valence-corrected chi connectivity index (χ4v) is 1.60. The standard InChI is InChI=1S/C11H9FN2O3/c12-10-7-8(14(16)17)1-2-11(10)13-5-3-9(15)4-6-13/h1-3,5,7H,4,6H2. The number of nitro benzene ring substituents is 1. The molecule has 0 atom stereocenters. The van der Waals surface area contributed by atoms with Crippen molar-refractivity contribution < 1.29 is 14.1 Å². The van der Waals surface area contributed by atoms with Crippen LogP contribution < -0.4 is 4.90 Å². The van der Waals surface area contributed by atoms with Gasteiger partial charge >= 0.3 is 0 Å². The van der Waals surface area contributed by atoms with Crippen LogP contribution in [0.15, 0.2) is 30.5 Å². The van der Waals surface area contributed by atoms with Gasteiger partial charge in [-0.25, -0.2) is 4.39 Å². The van der Waals surface area contributed by atoms with Crippen LogP contribution >= 0.6 is 0 Å². The minimum Gasteiger partial charge on any atom is -0.345 e. The number of benzene rings is 1. The third kappa shape index (κ3) is 2.30. The van der Waals surface area contributed by atoms with Gasteiger partial charge in [0.1, 0.15) is 0 Å². The zero-order chi connectivity index (χ0) is 12.4. The van der Waals surface area contributed by atoms with Gasteiger partial charge in [0, 0.05) is 25.2 Å². The Hall–Kier alpha value is -2.24. The number of carbonyl (C=O) groups is 1. The number of non-ortho nitro benzene ring substituents is 1. The number of hydrogen-bond acceptors (Lipinski definition) is 4. The lowest BCUT2D eigenvalue weighted by Gasteiger charge is -2.23. The van der Waals surface area contributed by atoms with E-state index in [1.165, 1.54) is 24.4 Å². The Kier molecular flexibility index (Phi) is 2.86. The zero-order valence-corrected chi connectivity index (χ0v) is 8.80. The van der Waals surface area contributed by atoms with Gasteiger partial charge in [0.15, 0.2) is 11.6 Å². The fraction of sp³-hybridized carbons (Fsp3) is 0.182. The Labute approximate surface area is 96.3 Å². The average Bonchev–Trinajstić information content (AvgIpc) is 2.30. The number of rotatable bonds is 2. The molecule has 0 saturated heterocycles. The van der Waals surface area contributed by atoms with E-state index < -0.39 is 10.7 Å². The monoisotopic (exact) mass is 236 g/mol. The first kappa shape index (κ1) is 11.3. The number of halogens is 1. The lowest BCUT2D eigenvalue weighted by molar-refractivity contribution is -0.385. The Bertz CT molecular complexity index is 513. The number of hydrogen-bond donors (Lipinski definition) is 0. The van der Waals surface area contributed by atoms with Crippen molar-refractivity contribution in [2.75, 3.05) is 11.4 Å². The summed E-state index contributed by atoms with van der Waals surface area (Å²) in [4.78, 5) is 22.3. The fourth-order valence-electron chi connectivity index (χ4n) is 1.60. The molecule has 0 saturated carbocycles. The summed E-state index contributed by atoms with van der Waals surface area (Å²) in [6, 6.07) is 3.45. The van der Waals surface area contributed by atoms with E-state index in [2.05, 4.69) is 0 Å². The molecule has 0 N–H and O–H groups in total. The van der Waals surface area contributed by atoms with Crippen LogP contribution in [0.5, 0.6) is 0 Å². The normalized spacial score (nSPS) is 15.1. The highest BCUT2D eigenvalue weighted by molar-refractivity contribution is 5.91. The van der Waals surface area contributed by atoms with Gasteiger partial charge in [0.2, 0.25) is 0 Å². The van der Waals surface area contributed by atoms with Crippen molar-refractivity contribution in [3.8, 4) is 0 Å². The summed E-state index contributed by atoms with van der Waals surface area (Å²) in [5.74, 6) is -0.679. The second-order valence-corrected chi connectivity index (χ2v) is 3.62. The zero-order valence-electron chi connectivity index (χ0n) is 8.80. The number of nitrogens with zero attached hydrogens (tertiary/aromatic N) is 2. The molecule has 17 heavy (non-hydrogen) atoms. The average molecular weight is 236 g/mol. The maximum absolute atomic E-state index is 13.6. The minimum absolute atomic E-state index is 0.0106. The van der Waals surface area contributed by atoms with E-state index in [9.17, 15) is 19.3 Å². The topological polar surface area (TPSA) is 63.5 Å². The summed E-state index contributed by atoms with van der Waals surface area (Å²) in [6.07, 6.45) is 3.16. The van der Waals surface area contributed by atoms with Gasteiger partial charge in [-0.2, -0.15) is 0 Å². The second kappa shape index (κ2) is 4.32. The molecule has 6 heteroatoms. The van der Waals surface area contributed by atoms with Crippen LogP contribution in [0, 0.1) is 15.9 Å². The van der Waals surface area contributed by atoms with Crippen molar-refractivity contribution in [3.05, 3.63) is 46.4 Å². The molecule has 0 bridgehead atoms. The molecule has 0 unspecified atom stereocenters. The molecule has 1 aliphatic heterocycles. The number of carbonyl (C=O) groups excluding carboxylic acids is 1. The molecule has 0 radical (unpaired) electrons. The summed E-state index contributed by atoms with van der Waals surface area (Å²) in [5.41, 5.74) is -0.0531. The third-order valence-corrected chi connectivity index (χ3v) is 2.49. The Morgan fingerprint density at radius 1 is 1.41 bits per heavy atom. The van der Waals surface area contributed by atoms with Gasteiger partial charge < -0.3 is 4.90 Å². The summed E-state index contributed by atoms with van der Waals surface area (Å²) < 4.78 is 13.6. The number of anilines is 1. The first-order chi connectivity index (χ1) is 8.08. The van der Waals surface area contributed by atoms with Crippen LogP contribution in [-0.2, 0) is 4.79 Å². The molecule has 1 aliphatic rings. The molecule has 5 nitrogen and oxygen atoms in total. The number of allylic oxidation sites excluding steroid dienone is 1. The van der Waals surface area contributed by atoms with Crippen molar-refractivity contribution >= 4 is 17.2 Å². The first-order valence-electron chi connectivity index (χ1n) is 4.99. The highest BCUT2D eigenvalue weighted by Gasteiger charge is 2.17. The summed E-state index contributed by atoms with van der Waals surface area (Å²) in [6.45, 7) is 0.379. The van der Waals surface area contributed by atoms with E-state index in [1.54, 1.807) is 4.90 Å². The van der Waals surface area contributed by atoms with Gasteiger partial charge in [0.25, 0.3) is 5.69 Å². The molecule has 1 aromatic rings. The van der Waals surface area contributed by atoms with E-state index in [1.807, 2.05) is 0 Å². The van der Waals surface area contributed by atoms with Crippen LogP contribution in [0.25, 0.3) is 0 Å². The third-order valence-electron chi connectivity index (χ3n) is 2.49. The lowest BCUT2D eigenvalue weighted by Crippen LogP contribution is -2.24. The second-order valence-electron chi connectivity index (χ2n) is 3.62. The predicted molar refractivity (Wildman–Crippen MR) is 59.2 cm³/mol. The smallest absolute Gasteiger partial charge is 0.272 e. The molecule has 2 rings (SSSR count). The van der Waals surface area contributed by atoms with Crippen molar-refractivity contribution in [2.45, 2.75) is 6.42 Å². The van der Waals surface area contributed by atoms with Crippen molar-refractivity contribution in [1.29, 1.82) is 0 Å². The van der Waals surface area contributed by atoms with E-state index in [0.717, 1.165) is 6.07 Å². The summed E-state index contributed by atoms with van der Waals surface area (Å²) >= 11 is 0. The van der Waals surface area contributed by atoms with Gasteiger partial charge in [-0.05, 0) is 12.1 Å². The van der Waals surface area contributed by atoms with Crippen molar-refractivity contribution in [2.24, 2.45) is 0 Å². The van der Waals surface area contributed by atoms with Crippen molar-refractivity contribution in [1.82, 2.24) is 0 Å². The molecular weight excluding hydrogens is 227 g/mol. The molecule has 0 aliphatic carbocycles. The van der Waals surface area contributed by atoms with Crippen molar-refractivity contribution in [3.63, 3.8) is 0 Å². The molecule has 0 spiro atoms. The Balaban J connectivity index is 2.31. The van der Waals surface area contributed by atoms with E-state index >= 15 is 0 Å². The summed E-state index contributed by atoms with van der Waals surface area (Å²) in [5, 5.41) is 10.5. The quantitative estimate of drug-likeness (QED) is 0.582. The number of ketones is 1. The van der Waals surface area contributed by atoms with Crippen LogP contribution in [-0.4, -0.2) is 17.3 Å². The predicted octanol–water partition coefficient (Wildman–Crippen LogP) is 2.03. The van der Waals surface area contributed by atoms with Gasteiger partial charge in [-0.15, -0.1) is 0 Å². The van der Waals surface area contributed by atoms with E-state index in [-0.39, 0.29) is 17.2 Å². The molecule has 0 aromatic heterocycles. The first-order valence-corrected chi connectivity index (χ1v) is 4.99. The maximum Gasteiger partial charge on any atom is 0.272 e. The lowest BCUT2D eigenvalue weighted by atomic mass is 10.2. The molecule has 88 valence electrons. The minimum atomic E-state index is -0.668. The van der Waals surface area contributed by atoms with E-state index in [4.69, 9.17) is 0 Å². The van der Waals surface area contributed by atoms with E-state index in [0.29, 0.717) is 13.0 Å². The van der Waals surface area contributed by atoms with Gasteiger partial charge in [-0.1, -0.05) is 0 Å². The van der Waals surface area contributed by atoms with Crippen LogP contribution in [0.3, 0.4) is 0 Å². The molecular formula is C11H9FN2O3. The van der Waals surface area contributed by atoms with Crippen LogP contribution in [0.1, 0.15) is 6.42 Å². The highest BCUT2D eigenvalue weighted by Crippen LogP contribution is 2.25. The molecule has 0 amide bonds. The van der Waals surface area contributed by atoms with Gasteiger partial charge in [0.05, 0.1) is 16.7 Å². The molecule has 0 fully saturated rings. The number of nitro groups is 1. The largest absolute Gasteiger partial charge is 0.345 e. The van der Waals surface area contributed by atoms with Gasteiger partial charge in [-0.3, -0.25) is 14.9 Å². The highest BCUT2D eigenvalue weighted by atomic mass is 19.1. The van der Waals surface area contributed by atoms with Crippen LogP contribution in [0.4, 0.5) is 15.8 Å². The maximum atomic E-state index is 13.6. The Morgan fingerprint density at radius 3 is 2.71 bits per heavy atom. The molecule has 1 aromatic carbocycles. The Morgan fingerprint density at radius 2 is 2.18 bits per heavy atom. The molecule has 1 heterocycles. The SMILES string of the molecule is O=C1C=CN(c2ccc([N+](=O)[O-])cc2F)CC1. The van der Waals surface area contributed by atoms with Crippen LogP contribution in [0.2, 0.25) is 0 Å². The summed E-state index contributed by atoms with van der Waals surface area (Å²) in [7, 11) is 0.